The molecule has 5 nitrogen and oxygen atoms in total. The Labute approximate surface area is 212 Å². The highest BCUT2D eigenvalue weighted by Gasteiger charge is 2.57. The second-order valence-corrected chi connectivity index (χ2v) is 11.8. The smallest absolute Gasteiger partial charge is 0.267 e. The standard InChI is InChI=1S/C30H29NO4S/c1-20-4-14-26(15-5-20)36(32,33)31-18-27-22-16-28(21-6-10-24(34-2)11-7-21)30(17-22,29(27)19-31)23-8-12-25(35-3)13-9-23/h4-15,18-19,22,28H,16-17H2,1-3H3/t22-,28-,30+/m0/s1. The summed E-state index contributed by atoms with van der Waals surface area (Å²) in [5, 5.41) is 0. The lowest BCUT2D eigenvalue weighted by atomic mass is 9.66. The molecule has 0 N–H and O–H groups in total. The van der Waals surface area contributed by atoms with Gasteiger partial charge in [0.1, 0.15) is 11.5 Å². The van der Waals surface area contributed by atoms with Crippen molar-refractivity contribution in [1.29, 1.82) is 0 Å². The molecule has 0 spiro atoms. The van der Waals surface area contributed by atoms with Crippen molar-refractivity contribution in [2.75, 3.05) is 14.2 Å². The van der Waals surface area contributed by atoms with Gasteiger partial charge in [-0.1, -0.05) is 42.0 Å². The van der Waals surface area contributed by atoms with Crippen molar-refractivity contribution in [2.45, 2.75) is 41.9 Å². The summed E-state index contributed by atoms with van der Waals surface area (Å²) in [5.41, 5.74) is 5.41. The van der Waals surface area contributed by atoms with Crippen LogP contribution in [0.3, 0.4) is 0 Å². The first-order chi connectivity index (χ1) is 17.4. The Hall–Kier alpha value is -3.51. The van der Waals surface area contributed by atoms with Crippen LogP contribution < -0.4 is 9.47 Å². The van der Waals surface area contributed by atoms with E-state index >= 15 is 0 Å². The van der Waals surface area contributed by atoms with Gasteiger partial charge in [0, 0.05) is 17.8 Å². The van der Waals surface area contributed by atoms with Crippen molar-refractivity contribution in [3.63, 3.8) is 0 Å². The van der Waals surface area contributed by atoms with Gasteiger partial charge in [-0.15, -0.1) is 0 Å². The summed E-state index contributed by atoms with van der Waals surface area (Å²) in [7, 11) is -0.338. The maximum atomic E-state index is 13.6. The van der Waals surface area contributed by atoms with Gasteiger partial charge >= 0.3 is 0 Å². The minimum absolute atomic E-state index is 0.229. The van der Waals surface area contributed by atoms with E-state index in [4.69, 9.17) is 9.47 Å². The van der Waals surface area contributed by atoms with Crippen molar-refractivity contribution < 1.29 is 17.9 Å². The van der Waals surface area contributed by atoms with E-state index in [-0.39, 0.29) is 11.3 Å². The van der Waals surface area contributed by atoms with Crippen LogP contribution in [0.2, 0.25) is 0 Å². The Morgan fingerprint density at radius 3 is 2.06 bits per heavy atom. The number of rotatable bonds is 6. The lowest BCUT2D eigenvalue weighted by Crippen LogP contribution is -2.30. The second-order valence-electron chi connectivity index (χ2n) is 9.94. The van der Waals surface area contributed by atoms with E-state index in [0.717, 1.165) is 41.0 Å². The van der Waals surface area contributed by atoms with Crippen molar-refractivity contribution >= 4 is 10.0 Å². The zero-order valence-electron chi connectivity index (χ0n) is 20.6. The first-order valence-electron chi connectivity index (χ1n) is 12.2. The highest BCUT2D eigenvalue weighted by molar-refractivity contribution is 7.90. The van der Waals surface area contributed by atoms with Gasteiger partial charge in [-0.05, 0) is 90.3 Å². The molecular formula is C30H29NO4S. The average Bonchev–Trinajstić information content (AvgIpc) is 3.60. The van der Waals surface area contributed by atoms with Crippen molar-refractivity contribution in [3.05, 3.63) is 113 Å². The molecular weight excluding hydrogens is 470 g/mol. The van der Waals surface area contributed by atoms with E-state index in [1.807, 2.05) is 55.7 Å². The van der Waals surface area contributed by atoms with E-state index < -0.39 is 10.0 Å². The third kappa shape index (κ3) is 3.31. The summed E-state index contributed by atoms with van der Waals surface area (Å²) < 4.78 is 39.4. The van der Waals surface area contributed by atoms with Crippen LogP contribution in [0.4, 0.5) is 0 Å². The van der Waals surface area contributed by atoms with Gasteiger partial charge in [-0.2, -0.15) is 0 Å². The number of hydrogen-bond donors (Lipinski definition) is 0. The fourth-order valence-corrected chi connectivity index (χ4v) is 7.59. The quantitative estimate of drug-likeness (QED) is 0.326. The molecule has 184 valence electrons. The van der Waals surface area contributed by atoms with Crippen molar-refractivity contribution in [3.8, 4) is 11.5 Å². The summed E-state index contributed by atoms with van der Waals surface area (Å²) in [6.07, 6.45) is 5.65. The van der Waals surface area contributed by atoms with Crippen LogP contribution in [0, 0.1) is 6.92 Å². The number of aromatic nitrogens is 1. The van der Waals surface area contributed by atoms with E-state index in [1.54, 1.807) is 26.4 Å². The monoisotopic (exact) mass is 499 g/mol. The van der Waals surface area contributed by atoms with Crippen LogP contribution in [0.5, 0.6) is 11.5 Å². The molecule has 6 heteroatoms. The third-order valence-electron chi connectivity index (χ3n) is 8.16. The number of fused-ring (bicyclic) bond motifs is 5. The fraction of sp³-hybridized carbons (Fsp3) is 0.267. The zero-order chi connectivity index (χ0) is 25.1. The molecule has 6 rings (SSSR count). The van der Waals surface area contributed by atoms with Gasteiger partial charge in [0.2, 0.25) is 0 Å². The number of ether oxygens (including phenoxy) is 2. The summed E-state index contributed by atoms with van der Waals surface area (Å²) in [6, 6.07) is 23.6. The Balaban J connectivity index is 1.51. The summed E-state index contributed by atoms with van der Waals surface area (Å²) in [5.74, 6) is 2.16. The maximum absolute atomic E-state index is 13.6. The second kappa shape index (κ2) is 8.27. The number of nitrogens with zero attached hydrogens (tertiary/aromatic N) is 1. The molecule has 2 aliphatic rings. The predicted octanol–water partition coefficient (Wildman–Crippen LogP) is 6.01. The van der Waals surface area contributed by atoms with Gasteiger partial charge in [-0.25, -0.2) is 12.4 Å². The van der Waals surface area contributed by atoms with Gasteiger partial charge in [0.15, 0.2) is 0 Å². The lowest BCUT2D eigenvalue weighted by molar-refractivity contribution is 0.412. The number of methoxy groups -OCH3 is 2. The Bertz CT molecular complexity index is 1520. The first-order valence-corrected chi connectivity index (χ1v) is 13.6. The minimum atomic E-state index is -3.68. The van der Waals surface area contributed by atoms with Crippen LogP contribution in [0.15, 0.2) is 90.1 Å². The molecule has 2 bridgehead atoms. The largest absolute Gasteiger partial charge is 0.497 e. The highest BCUT2D eigenvalue weighted by Crippen LogP contribution is 2.66. The number of benzene rings is 3. The fourth-order valence-electron chi connectivity index (χ4n) is 6.37. The normalized spacial score (nSPS) is 22.4. The van der Waals surface area contributed by atoms with E-state index in [2.05, 4.69) is 24.3 Å². The molecule has 0 saturated heterocycles. The van der Waals surface area contributed by atoms with E-state index in [0.29, 0.717) is 10.8 Å². The van der Waals surface area contributed by atoms with Crippen LogP contribution in [-0.2, 0) is 15.4 Å². The number of hydrogen-bond acceptors (Lipinski definition) is 4. The lowest BCUT2D eigenvalue weighted by Gasteiger charge is -2.37. The van der Waals surface area contributed by atoms with Gasteiger partial charge in [0.25, 0.3) is 10.0 Å². The molecule has 2 aliphatic carbocycles. The Morgan fingerprint density at radius 1 is 0.833 bits per heavy atom. The predicted molar refractivity (Wildman–Crippen MR) is 140 cm³/mol. The van der Waals surface area contributed by atoms with Crippen LogP contribution in [0.1, 0.15) is 52.5 Å². The molecule has 0 amide bonds. The molecule has 0 unspecified atom stereocenters. The van der Waals surface area contributed by atoms with Crippen molar-refractivity contribution in [1.82, 2.24) is 3.97 Å². The summed E-state index contributed by atoms with van der Waals surface area (Å²) in [6.45, 7) is 1.95. The molecule has 0 radical (unpaired) electrons. The van der Waals surface area contributed by atoms with Gasteiger partial charge < -0.3 is 9.47 Å². The first kappa shape index (κ1) is 22.9. The maximum Gasteiger partial charge on any atom is 0.267 e. The van der Waals surface area contributed by atoms with E-state index in [1.165, 1.54) is 15.1 Å². The SMILES string of the molecule is COc1ccc([C@@H]2C[C@H]3C[C@]2(c2ccc(OC)cc2)c2cn(S(=O)(=O)c4ccc(C)cc4)cc23)cc1. The Morgan fingerprint density at radius 2 is 1.44 bits per heavy atom. The van der Waals surface area contributed by atoms with Gasteiger partial charge in [0.05, 0.1) is 19.1 Å². The van der Waals surface area contributed by atoms with E-state index in [9.17, 15) is 8.42 Å². The molecule has 3 atom stereocenters. The summed E-state index contributed by atoms with van der Waals surface area (Å²) >= 11 is 0. The molecule has 0 aliphatic heterocycles. The minimum Gasteiger partial charge on any atom is -0.497 e. The molecule has 1 saturated carbocycles. The zero-order valence-corrected chi connectivity index (χ0v) is 21.5. The van der Waals surface area contributed by atoms with Crippen molar-refractivity contribution in [2.24, 2.45) is 0 Å². The molecule has 1 aromatic heterocycles. The number of aryl methyl sites for hydroxylation is 1. The van der Waals surface area contributed by atoms with Gasteiger partial charge in [-0.3, -0.25) is 0 Å². The topological polar surface area (TPSA) is 57.5 Å². The highest BCUT2D eigenvalue weighted by atomic mass is 32.2. The average molecular weight is 500 g/mol. The molecule has 1 fully saturated rings. The molecule has 1 heterocycles. The van der Waals surface area contributed by atoms with Crippen LogP contribution in [-0.4, -0.2) is 26.6 Å². The third-order valence-corrected chi connectivity index (χ3v) is 9.79. The Kier molecular flexibility index (Phi) is 5.27. The molecule has 4 aromatic rings. The van der Waals surface area contributed by atoms with Crippen LogP contribution >= 0.6 is 0 Å². The molecule has 36 heavy (non-hydrogen) atoms. The summed E-state index contributed by atoms with van der Waals surface area (Å²) in [4.78, 5) is 0.305. The van der Waals surface area contributed by atoms with Crippen LogP contribution in [0.25, 0.3) is 0 Å². The molecule has 3 aromatic carbocycles.